The van der Waals surface area contributed by atoms with Crippen molar-refractivity contribution in [1.29, 1.82) is 0 Å². The number of aromatic nitrogens is 4. The van der Waals surface area contributed by atoms with Crippen molar-refractivity contribution in [2.24, 2.45) is 0 Å². The molecule has 0 spiro atoms. The standard InChI is InChI=1S/C10H14ClN3OS.C5H4Cl2N2S.C5H11NO.CH4/c1-7-6-15-4-3-14(7)9-5-8(11)12-10(13-9)16-2;1-10-5-8-3(6)2-4(7)9-5;1-5-4-7-3-2-6-5;/h5,7H,3-4,6H2,1-2H3;2H,1H3;5-6H,2-4H2,1H3;1H4/t7-;;5-;/m1.1./s1. The molecule has 0 unspecified atom stereocenters. The van der Waals surface area contributed by atoms with Crippen LogP contribution in [-0.2, 0) is 9.47 Å². The minimum absolute atomic E-state index is 0. The van der Waals surface area contributed by atoms with Crippen LogP contribution >= 0.6 is 58.3 Å². The summed E-state index contributed by atoms with van der Waals surface area (Å²) in [5.74, 6) is 0.889. The second-order valence-corrected chi connectivity index (χ2v) is 9.79. The topological polar surface area (TPSA) is 85.3 Å². The number of halogens is 3. The summed E-state index contributed by atoms with van der Waals surface area (Å²) >= 11 is 20.0. The third kappa shape index (κ3) is 11.4. The lowest BCUT2D eigenvalue weighted by Gasteiger charge is -2.34. The van der Waals surface area contributed by atoms with Crippen molar-refractivity contribution in [2.75, 3.05) is 56.9 Å². The average Bonchev–Trinajstić information content (AvgIpc) is 2.79. The van der Waals surface area contributed by atoms with Gasteiger partial charge in [-0.3, -0.25) is 0 Å². The highest BCUT2D eigenvalue weighted by Crippen LogP contribution is 2.23. The molecule has 34 heavy (non-hydrogen) atoms. The number of ether oxygens (including phenoxy) is 2. The molecule has 13 heteroatoms. The van der Waals surface area contributed by atoms with E-state index in [2.05, 4.69) is 44.0 Å². The summed E-state index contributed by atoms with van der Waals surface area (Å²) in [6.45, 7) is 9.33. The van der Waals surface area contributed by atoms with E-state index in [1.165, 1.54) is 29.6 Å². The van der Waals surface area contributed by atoms with Gasteiger partial charge in [0, 0.05) is 31.3 Å². The van der Waals surface area contributed by atoms with Crippen molar-refractivity contribution < 1.29 is 9.47 Å². The van der Waals surface area contributed by atoms with E-state index in [1.54, 1.807) is 0 Å². The van der Waals surface area contributed by atoms with Gasteiger partial charge in [0.15, 0.2) is 10.3 Å². The van der Waals surface area contributed by atoms with E-state index in [0.717, 1.165) is 45.3 Å². The largest absolute Gasteiger partial charge is 0.379 e. The van der Waals surface area contributed by atoms with Crippen LogP contribution < -0.4 is 10.2 Å². The lowest BCUT2D eigenvalue weighted by Crippen LogP contribution is -2.44. The minimum atomic E-state index is 0. The maximum Gasteiger partial charge on any atom is 0.190 e. The Labute approximate surface area is 226 Å². The van der Waals surface area contributed by atoms with E-state index in [4.69, 9.17) is 44.3 Å². The number of nitrogens with one attached hydrogen (secondary N) is 1. The van der Waals surface area contributed by atoms with Crippen LogP contribution in [0.3, 0.4) is 0 Å². The highest BCUT2D eigenvalue weighted by molar-refractivity contribution is 7.98. The van der Waals surface area contributed by atoms with Crippen LogP contribution in [0.25, 0.3) is 0 Å². The molecule has 4 heterocycles. The summed E-state index contributed by atoms with van der Waals surface area (Å²) in [6, 6.07) is 4.20. The molecule has 2 aliphatic rings. The summed E-state index contributed by atoms with van der Waals surface area (Å²) < 4.78 is 10.5. The Kier molecular flexibility index (Phi) is 15.7. The van der Waals surface area contributed by atoms with Crippen molar-refractivity contribution in [3.8, 4) is 0 Å². The Bertz CT molecular complexity index is 845. The number of morpholine rings is 2. The first kappa shape index (κ1) is 31.4. The van der Waals surface area contributed by atoms with Crippen LogP contribution in [0.4, 0.5) is 5.82 Å². The van der Waals surface area contributed by atoms with Crippen molar-refractivity contribution in [1.82, 2.24) is 25.3 Å². The molecule has 2 saturated heterocycles. The fraction of sp³-hybridized carbons (Fsp3) is 0.619. The molecule has 2 aromatic heterocycles. The molecule has 0 aliphatic carbocycles. The number of anilines is 1. The van der Waals surface area contributed by atoms with Gasteiger partial charge in [-0.05, 0) is 26.4 Å². The average molecular weight is 572 g/mol. The fourth-order valence-corrected chi connectivity index (χ4v) is 4.35. The highest BCUT2D eigenvalue weighted by atomic mass is 35.5. The van der Waals surface area contributed by atoms with Crippen LogP contribution in [-0.4, -0.2) is 84.0 Å². The Hall–Kier alpha value is -0.590. The summed E-state index contributed by atoms with van der Waals surface area (Å²) in [4.78, 5) is 18.6. The maximum absolute atomic E-state index is 5.97. The third-order valence-electron chi connectivity index (χ3n) is 4.44. The van der Waals surface area contributed by atoms with Gasteiger partial charge in [0.1, 0.15) is 21.3 Å². The molecule has 192 valence electrons. The number of thioether (sulfide) groups is 2. The minimum Gasteiger partial charge on any atom is -0.379 e. The Morgan fingerprint density at radius 3 is 1.91 bits per heavy atom. The third-order valence-corrected chi connectivity index (χ3v) is 6.11. The van der Waals surface area contributed by atoms with Gasteiger partial charge in [-0.25, -0.2) is 19.9 Å². The molecule has 1 N–H and O–H groups in total. The Balaban J connectivity index is 0.000000275. The van der Waals surface area contributed by atoms with Gasteiger partial charge in [-0.2, -0.15) is 0 Å². The van der Waals surface area contributed by atoms with E-state index in [9.17, 15) is 0 Å². The summed E-state index contributed by atoms with van der Waals surface area (Å²) in [6.07, 6.45) is 3.81. The Morgan fingerprint density at radius 2 is 1.44 bits per heavy atom. The van der Waals surface area contributed by atoms with Crippen molar-refractivity contribution in [2.45, 2.75) is 43.7 Å². The second-order valence-electron chi connectivity index (χ2n) is 7.08. The summed E-state index contributed by atoms with van der Waals surface area (Å²) in [7, 11) is 0. The first-order chi connectivity index (χ1) is 15.8. The first-order valence-electron chi connectivity index (χ1n) is 10.3. The number of hydrogen-bond donors (Lipinski definition) is 1. The van der Waals surface area contributed by atoms with Crippen molar-refractivity contribution in [3.63, 3.8) is 0 Å². The summed E-state index contributed by atoms with van der Waals surface area (Å²) in [5.41, 5.74) is 0. The number of rotatable bonds is 3. The van der Waals surface area contributed by atoms with Crippen molar-refractivity contribution >= 4 is 64.1 Å². The van der Waals surface area contributed by atoms with E-state index in [1.807, 2.05) is 18.6 Å². The van der Waals surface area contributed by atoms with E-state index >= 15 is 0 Å². The second kappa shape index (κ2) is 17.0. The molecule has 0 aromatic carbocycles. The molecule has 0 bridgehead atoms. The van der Waals surface area contributed by atoms with Crippen LogP contribution in [0.1, 0.15) is 21.3 Å². The first-order valence-corrected chi connectivity index (χ1v) is 13.9. The predicted molar refractivity (Wildman–Crippen MR) is 145 cm³/mol. The molecule has 2 atom stereocenters. The van der Waals surface area contributed by atoms with Crippen LogP contribution in [0.5, 0.6) is 0 Å². The molecule has 0 amide bonds. The smallest absolute Gasteiger partial charge is 0.190 e. The normalized spacial score (nSPS) is 19.7. The van der Waals surface area contributed by atoms with Gasteiger partial charge in [0.2, 0.25) is 0 Å². The SMILES string of the molecule is C.CSc1nc(Cl)cc(Cl)n1.CSc1nc(Cl)cc(N2CCOC[C@H]2C)n1.C[C@@H]1COCCN1. The van der Waals surface area contributed by atoms with E-state index < -0.39 is 0 Å². The zero-order valence-electron chi connectivity index (χ0n) is 19.1. The molecule has 4 rings (SSSR count). The number of hydrogen-bond acceptors (Lipinski definition) is 10. The molecule has 0 radical (unpaired) electrons. The lowest BCUT2D eigenvalue weighted by molar-refractivity contribution is 0.0824. The zero-order chi connectivity index (χ0) is 24.2. The molecular formula is C21H33Cl3N6O2S2. The van der Waals surface area contributed by atoms with Crippen LogP contribution in [0.2, 0.25) is 15.5 Å². The van der Waals surface area contributed by atoms with Gasteiger partial charge in [-0.1, -0.05) is 65.8 Å². The monoisotopic (exact) mass is 570 g/mol. The van der Waals surface area contributed by atoms with Crippen LogP contribution in [0, 0.1) is 0 Å². The molecule has 2 fully saturated rings. The van der Waals surface area contributed by atoms with Gasteiger partial charge in [0.05, 0.1) is 32.5 Å². The lowest BCUT2D eigenvalue weighted by atomic mass is 10.2. The quantitative estimate of drug-likeness (QED) is 0.301. The maximum atomic E-state index is 5.97. The highest BCUT2D eigenvalue weighted by Gasteiger charge is 2.21. The fourth-order valence-electron chi connectivity index (χ4n) is 2.85. The summed E-state index contributed by atoms with van der Waals surface area (Å²) in [5, 5.41) is 5.81. The van der Waals surface area contributed by atoms with E-state index in [-0.39, 0.29) is 7.43 Å². The molecule has 8 nitrogen and oxygen atoms in total. The van der Waals surface area contributed by atoms with Gasteiger partial charge in [0.25, 0.3) is 0 Å². The molecule has 2 aromatic rings. The van der Waals surface area contributed by atoms with Gasteiger partial charge < -0.3 is 19.7 Å². The van der Waals surface area contributed by atoms with Crippen LogP contribution in [0.15, 0.2) is 22.4 Å². The van der Waals surface area contributed by atoms with Crippen molar-refractivity contribution in [3.05, 3.63) is 27.6 Å². The zero-order valence-corrected chi connectivity index (χ0v) is 23.0. The predicted octanol–water partition coefficient (Wildman–Crippen LogP) is 5.21. The molecule has 0 saturated carbocycles. The van der Waals surface area contributed by atoms with Gasteiger partial charge in [-0.15, -0.1) is 0 Å². The molecule has 2 aliphatic heterocycles. The molecular weight excluding hydrogens is 539 g/mol. The number of nitrogens with zero attached hydrogens (tertiary/aromatic N) is 5. The van der Waals surface area contributed by atoms with E-state index in [0.29, 0.717) is 37.9 Å². The Morgan fingerprint density at radius 1 is 0.882 bits per heavy atom. The van der Waals surface area contributed by atoms with Gasteiger partial charge >= 0.3 is 0 Å².